The molecule has 108 valence electrons. The molecule has 2 N–H and O–H groups in total. The van der Waals surface area contributed by atoms with Crippen LogP contribution in [0.1, 0.15) is 5.01 Å². The molecule has 2 aromatic rings. The van der Waals surface area contributed by atoms with Gasteiger partial charge in [-0.15, -0.1) is 11.3 Å². The van der Waals surface area contributed by atoms with Crippen molar-refractivity contribution in [3.63, 3.8) is 0 Å². The van der Waals surface area contributed by atoms with Gasteiger partial charge in [-0.05, 0) is 12.1 Å². The standard InChI is InChI=1S/C14H19N3O2S/c18-8-10-19-9-7-15-6-4-14-17-13(11-20-14)12-3-1-2-5-16-12/h1-3,5,11,15,18H,4,6-10H2. The summed E-state index contributed by atoms with van der Waals surface area (Å²) in [6.07, 6.45) is 2.68. The summed E-state index contributed by atoms with van der Waals surface area (Å²) < 4.78 is 5.16. The molecule has 0 amide bonds. The largest absolute Gasteiger partial charge is 0.394 e. The van der Waals surface area contributed by atoms with Gasteiger partial charge < -0.3 is 15.2 Å². The fourth-order valence-corrected chi connectivity index (χ4v) is 2.48. The summed E-state index contributed by atoms with van der Waals surface area (Å²) in [7, 11) is 0. The molecule has 20 heavy (non-hydrogen) atoms. The van der Waals surface area contributed by atoms with E-state index in [9.17, 15) is 0 Å². The van der Waals surface area contributed by atoms with Gasteiger partial charge in [-0.3, -0.25) is 4.98 Å². The number of nitrogens with zero attached hydrogens (tertiary/aromatic N) is 2. The van der Waals surface area contributed by atoms with Crippen LogP contribution in [-0.2, 0) is 11.2 Å². The Morgan fingerprint density at radius 1 is 1.20 bits per heavy atom. The van der Waals surface area contributed by atoms with Gasteiger partial charge in [0.2, 0.25) is 0 Å². The van der Waals surface area contributed by atoms with Crippen molar-refractivity contribution in [2.75, 3.05) is 32.9 Å². The van der Waals surface area contributed by atoms with Crippen LogP contribution in [0, 0.1) is 0 Å². The highest BCUT2D eigenvalue weighted by atomic mass is 32.1. The molecule has 2 rings (SSSR count). The van der Waals surface area contributed by atoms with Crippen molar-refractivity contribution in [3.8, 4) is 11.4 Å². The fraction of sp³-hybridized carbons (Fsp3) is 0.429. The Bertz CT molecular complexity index is 490. The van der Waals surface area contributed by atoms with Crippen LogP contribution in [-0.4, -0.2) is 48.0 Å². The third-order valence-electron chi connectivity index (χ3n) is 2.65. The maximum atomic E-state index is 8.56. The lowest BCUT2D eigenvalue weighted by molar-refractivity contribution is 0.0940. The number of hydrogen-bond acceptors (Lipinski definition) is 6. The minimum Gasteiger partial charge on any atom is -0.394 e. The first kappa shape index (κ1) is 15.1. The number of thiazole rings is 1. The molecule has 0 radical (unpaired) electrons. The molecule has 2 heterocycles. The first-order valence-corrected chi connectivity index (χ1v) is 7.53. The lowest BCUT2D eigenvalue weighted by Crippen LogP contribution is -2.22. The van der Waals surface area contributed by atoms with Crippen LogP contribution < -0.4 is 5.32 Å². The normalized spacial score (nSPS) is 10.8. The van der Waals surface area contributed by atoms with Gasteiger partial charge >= 0.3 is 0 Å². The summed E-state index contributed by atoms with van der Waals surface area (Å²) in [6, 6.07) is 5.84. The minimum absolute atomic E-state index is 0.0788. The van der Waals surface area contributed by atoms with Gasteiger partial charge in [0.15, 0.2) is 0 Å². The molecule has 0 bridgehead atoms. The molecule has 0 aliphatic rings. The van der Waals surface area contributed by atoms with Gasteiger partial charge in [0, 0.05) is 31.1 Å². The highest BCUT2D eigenvalue weighted by Gasteiger charge is 2.04. The number of aromatic nitrogens is 2. The van der Waals surface area contributed by atoms with E-state index >= 15 is 0 Å². The SMILES string of the molecule is OCCOCCNCCc1nc(-c2ccccn2)cs1. The summed E-state index contributed by atoms with van der Waals surface area (Å²) in [6.45, 7) is 2.77. The molecule has 5 nitrogen and oxygen atoms in total. The van der Waals surface area contributed by atoms with E-state index in [-0.39, 0.29) is 6.61 Å². The molecule has 0 fully saturated rings. The molecule has 6 heteroatoms. The van der Waals surface area contributed by atoms with Crippen LogP contribution in [0.25, 0.3) is 11.4 Å². The van der Waals surface area contributed by atoms with Crippen molar-refractivity contribution >= 4 is 11.3 Å². The molecular formula is C14H19N3O2S. The zero-order valence-corrected chi connectivity index (χ0v) is 12.1. The molecule has 0 aliphatic carbocycles. The first-order chi connectivity index (χ1) is 9.90. The lowest BCUT2D eigenvalue weighted by atomic mass is 10.3. The van der Waals surface area contributed by atoms with Crippen LogP contribution >= 0.6 is 11.3 Å². The second-order valence-corrected chi connectivity index (χ2v) is 5.12. The van der Waals surface area contributed by atoms with Crippen molar-refractivity contribution in [1.29, 1.82) is 0 Å². The smallest absolute Gasteiger partial charge is 0.0998 e. The van der Waals surface area contributed by atoms with Crippen LogP contribution in [0.2, 0.25) is 0 Å². The summed E-state index contributed by atoms with van der Waals surface area (Å²) in [4.78, 5) is 8.87. The number of aliphatic hydroxyl groups is 1. The molecule has 0 atom stereocenters. The first-order valence-electron chi connectivity index (χ1n) is 6.65. The predicted molar refractivity (Wildman–Crippen MR) is 79.8 cm³/mol. The van der Waals surface area contributed by atoms with Gasteiger partial charge in [-0.2, -0.15) is 0 Å². The summed E-state index contributed by atoms with van der Waals surface area (Å²) >= 11 is 1.66. The molecule has 0 spiro atoms. The molecule has 0 aliphatic heterocycles. The van der Waals surface area contributed by atoms with Gasteiger partial charge in [0.25, 0.3) is 0 Å². The topological polar surface area (TPSA) is 67.3 Å². The Balaban J connectivity index is 1.69. The second-order valence-electron chi connectivity index (χ2n) is 4.18. The number of nitrogens with one attached hydrogen (secondary N) is 1. The molecule has 0 unspecified atom stereocenters. The molecular weight excluding hydrogens is 274 g/mol. The van der Waals surface area contributed by atoms with Crippen molar-refractivity contribution < 1.29 is 9.84 Å². The van der Waals surface area contributed by atoms with E-state index in [1.165, 1.54) is 0 Å². The number of ether oxygens (including phenoxy) is 1. The van der Waals surface area contributed by atoms with Gasteiger partial charge in [0.1, 0.15) is 0 Å². The Morgan fingerprint density at radius 2 is 2.15 bits per heavy atom. The maximum Gasteiger partial charge on any atom is 0.0998 e. The van der Waals surface area contributed by atoms with E-state index in [2.05, 4.69) is 15.3 Å². The maximum absolute atomic E-state index is 8.56. The summed E-state index contributed by atoms with van der Waals surface area (Å²) in [5.74, 6) is 0. The highest BCUT2D eigenvalue weighted by molar-refractivity contribution is 7.09. The highest BCUT2D eigenvalue weighted by Crippen LogP contribution is 2.19. The van der Waals surface area contributed by atoms with Gasteiger partial charge in [-0.25, -0.2) is 4.98 Å². The van der Waals surface area contributed by atoms with Crippen molar-refractivity contribution in [3.05, 3.63) is 34.8 Å². The zero-order chi connectivity index (χ0) is 14.0. The monoisotopic (exact) mass is 293 g/mol. The van der Waals surface area contributed by atoms with E-state index in [4.69, 9.17) is 9.84 Å². The van der Waals surface area contributed by atoms with E-state index < -0.39 is 0 Å². The van der Waals surface area contributed by atoms with E-state index in [1.807, 2.05) is 23.6 Å². The van der Waals surface area contributed by atoms with E-state index in [0.717, 1.165) is 35.9 Å². The number of pyridine rings is 1. The third-order valence-corrected chi connectivity index (χ3v) is 3.56. The van der Waals surface area contributed by atoms with Crippen LogP contribution in [0.15, 0.2) is 29.8 Å². The number of aliphatic hydroxyl groups excluding tert-OH is 1. The van der Waals surface area contributed by atoms with Gasteiger partial charge in [-0.1, -0.05) is 6.07 Å². The Labute approximate surface area is 122 Å². The number of hydrogen-bond donors (Lipinski definition) is 2. The Kier molecular flexibility index (Phi) is 6.59. The van der Waals surface area contributed by atoms with Crippen LogP contribution in [0.5, 0.6) is 0 Å². The van der Waals surface area contributed by atoms with Crippen molar-refractivity contribution in [2.24, 2.45) is 0 Å². The lowest BCUT2D eigenvalue weighted by Gasteiger charge is -2.03. The zero-order valence-electron chi connectivity index (χ0n) is 11.3. The van der Waals surface area contributed by atoms with Crippen molar-refractivity contribution in [2.45, 2.75) is 6.42 Å². The molecule has 0 saturated carbocycles. The average molecular weight is 293 g/mol. The quantitative estimate of drug-likeness (QED) is 0.683. The molecule has 2 aromatic heterocycles. The summed E-state index contributed by atoms with van der Waals surface area (Å²) in [5, 5.41) is 15.0. The second kappa shape index (κ2) is 8.76. The van der Waals surface area contributed by atoms with Crippen LogP contribution in [0.4, 0.5) is 0 Å². The molecule has 0 aromatic carbocycles. The van der Waals surface area contributed by atoms with E-state index in [1.54, 1.807) is 17.5 Å². The average Bonchev–Trinajstić information content (AvgIpc) is 2.96. The predicted octanol–water partition coefficient (Wildman–Crippen LogP) is 1.35. The third kappa shape index (κ3) is 4.97. The van der Waals surface area contributed by atoms with E-state index in [0.29, 0.717) is 13.2 Å². The Hall–Kier alpha value is -1.34. The summed E-state index contributed by atoms with van der Waals surface area (Å²) in [5.41, 5.74) is 1.86. The fourth-order valence-electron chi connectivity index (χ4n) is 1.69. The Morgan fingerprint density at radius 3 is 2.95 bits per heavy atom. The van der Waals surface area contributed by atoms with Crippen LogP contribution in [0.3, 0.4) is 0 Å². The van der Waals surface area contributed by atoms with Gasteiger partial charge in [0.05, 0.1) is 36.2 Å². The molecule has 0 saturated heterocycles. The van der Waals surface area contributed by atoms with Crippen molar-refractivity contribution in [1.82, 2.24) is 15.3 Å². The number of rotatable bonds is 9. The minimum atomic E-state index is 0.0788.